The summed E-state index contributed by atoms with van der Waals surface area (Å²) in [4.78, 5) is 38.3. The van der Waals surface area contributed by atoms with Crippen LogP contribution < -0.4 is 0 Å². The highest BCUT2D eigenvalue weighted by Crippen LogP contribution is 2.15. The van der Waals surface area contributed by atoms with Gasteiger partial charge in [-0.3, -0.25) is 14.4 Å². The monoisotopic (exact) mass is 1080 g/mol. The maximum atomic E-state index is 12.9. The van der Waals surface area contributed by atoms with Crippen LogP contribution in [-0.4, -0.2) is 37.2 Å². The Morgan fingerprint density at radius 1 is 0.269 bits per heavy atom. The van der Waals surface area contributed by atoms with Gasteiger partial charge in [-0.2, -0.15) is 0 Å². The molecular formula is C72H118O6. The van der Waals surface area contributed by atoms with Gasteiger partial charge in [0.05, 0.1) is 0 Å². The van der Waals surface area contributed by atoms with E-state index in [0.29, 0.717) is 19.3 Å². The van der Waals surface area contributed by atoms with Gasteiger partial charge in [-0.25, -0.2) is 0 Å². The molecular weight excluding hydrogens is 961 g/mol. The van der Waals surface area contributed by atoms with Crippen molar-refractivity contribution in [1.29, 1.82) is 0 Å². The number of esters is 3. The molecule has 1 unspecified atom stereocenters. The second-order valence-corrected chi connectivity index (χ2v) is 20.9. The van der Waals surface area contributed by atoms with E-state index >= 15 is 0 Å². The van der Waals surface area contributed by atoms with E-state index in [1.54, 1.807) is 0 Å². The Morgan fingerprint density at radius 2 is 0.526 bits per heavy atom. The van der Waals surface area contributed by atoms with Crippen LogP contribution in [0.4, 0.5) is 0 Å². The average molecular weight is 1080 g/mol. The van der Waals surface area contributed by atoms with Gasteiger partial charge in [0.2, 0.25) is 0 Å². The van der Waals surface area contributed by atoms with Gasteiger partial charge in [0.25, 0.3) is 0 Å². The minimum absolute atomic E-state index is 0.118. The zero-order valence-corrected chi connectivity index (χ0v) is 50.6. The van der Waals surface area contributed by atoms with E-state index in [1.807, 2.05) is 6.08 Å². The van der Waals surface area contributed by atoms with Gasteiger partial charge in [-0.15, -0.1) is 0 Å². The van der Waals surface area contributed by atoms with Crippen molar-refractivity contribution in [2.24, 2.45) is 0 Å². The number of allylic oxidation sites excluding steroid dienone is 22. The van der Waals surface area contributed by atoms with Gasteiger partial charge in [-0.05, 0) is 128 Å². The van der Waals surface area contributed by atoms with Crippen LogP contribution in [0.25, 0.3) is 0 Å². The molecule has 6 nitrogen and oxygen atoms in total. The van der Waals surface area contributed by atoms with Crippen molar-refractivity contribution in [3.8, 4) is 0 Å². The molecule has 442 valence electrons. The Hall–Kier alpha value is -4.45. The second kappa shape index (κ2) is 65.1. The van der Waals surface area contributed by atoms with E-state index in [-0.39, 0.29) is 31.6 Å². The molecule has 0 saturated carbocycles. The van der Waals surface area contributed by atoms with E-state index in [2.05, 4.69) is 148 Å². The maximum Gasteiger partial charge on any atom is 0.306 e. The topological polar surface area (TPSA) is 78.9 Å². The molecule has 0 aliphatic rings. The molecule has 0 aliphatic heterocycles. The van der Waals surface area contributed by atoms with E-state index in [4.69, 9.17) is 14.2 Å². The lowest BCUT2D eigenvalue weighted by Gasteiger charge is -2.18. The van der Waals surface area contributed by atoms with Gasteiger partial charge < -0.3 is 14.2 Å². The lowest BCUT2D eigenvalue weighted by atomic mass is 10.1. The Labute approximate surface area is 481 Å². The third-order valence-corrected chi connectivity index (χ3v) is 13.4. The van der Waals surface area contributed by atoms with E-state index in [1.165, 1.54) is 122 Å². The van der Waals surface area contributed by atoms with Crippen LogP contribution >= 0.6 is 0 Å². The fourth-order valence-corrected chi connectivity index (χ4v) is 8.56. The molecule has 0 aromatic heterocycles. The number of rotatable bonds is 57. The van der Waals surface area contributed by atoms with Crippen LogP contribution in [0.1, 0.15) is 284 Å². The van der Waals surface area contributed by atoms with Crippen molar-refractivity contribution in [1.82, 2.24) is 0 Å². The van der Waals surface area contributed by atoms with Crippen LogP contribution in [0, 0.1) is 0 Å². The lowest BCUT2D eigenvalue weighted by Crippen LogP contribution is -2.30. The molecule has 0 N–H and O–H groups in total. The first kappa shape index (κ1) is 73.5. The molecule has 0 aromatic carbocycles. The molecule has 0 fully saturated rings. The fourth-order valence-electron chi connectivity index (χ4n) is 8.56. The highest BCUT2D eigenvalue weighted by molar-refractivity contribution is 5.71. The zero-order chi connectivity index (χ0) is 56.4. The molecule has 0 amide bonds. The van der Waals surface area contributed by atoms with Gasteiger partial charge in [-0.1, -0.05) is 270 Å². The molecule has 0 aliphatic carbocycles. The summed E-state index contributed by atoms with van der Waals surface area (Å²) in [6.07, 6.45) is 91.8. The summed E-state index contributed by atoms with van der Waals surface area (Å²) in [6, 6.07) is 0. The largest absolute Gasteiger partial charge is 0.462 e. The van der Waals surface area contributed by atoms with E-state index < -0.39 is 12.1 Å². The Bertz CT molecular complexity index is 1670. The molecule has 0 radical (unpaired) electrons. The molecule has 6 heteroatoms. The average Bonchev–Trinajstić information content (AvgIpc) is 3.44. The van der Waals surface area contributed by atoms with Crippen LogP contribution in [0.3, 0.4) is 0 Å². The number of ether oxygens (including phenoxy) is 3. The smallest absolute Gasteiger partial charge is 0.306 e. The van der Waals surface area contributed by atoms with E-state index in [9.17, 15) is 14.4 Å². The van der Waals surface area contributed by atoms with Gasteiger partial charge in [0.15, 0.2) is 6.10 Å². The van der Waals surface area contributed by atoms with Crippen LogP contribution in [0.2, 0.25) is 0 Å². The number of hydrogen-bond donors (Lipinski definition) is 0. The summed E-state index contributed by atoms with van der Waals surface area (Å²) in [5.74, 6) is -1.02. The first-order chi connectivity index (χ1) is 38.5. The van der Waals surface area contributed by atoms with Crippen molar-refractivity contribution in [2.75, 3.05) is 13.2 Å². The molecule has 0 aromatic rings. The van der Waals surface area contributed by atoms with Crippen molar-refractivity contribution >= 4 is 17.9 Å². The third kappa shape index (κ3) is 62.4. The van der Waals surface area contributed by atoms with Crippen LogP contribution in [-0.2, 0) is 28.6 Å². The predicted octanol–water partition coefficient (Wildman–Crippen LogP) is 22.2. The Morgan fingerprint density at radius 3 is 0.846 bits per heavy atom. The molecule has 0 rings (SSSR count). The summed E-state index contributed by atoms with van der Waals surface area (Å²) in [5.41, 5.74) is 0. The molecule has 0 bridgehead atoms. The summed E-state index contributed by atoms with van der Waals surface area (Å²) in [6.45, 7) is 6.43. The number of hydrogen-bond acceptors (Lipinski definition) is 6. The predicted molar refractivity (Wildman–Crippen MR) is 339 cm³/mol. The normalized spacial score (nSPS) is 13.0. The van der Waals surface area contributed by atoms with E-state index in [0.717, 1.165) is 116 Å². The van der Waals surface area contributed by atoms with Gasteiger partial charge >= 0.3 is 17.9 Å². The van der Waals surface area contributed by atoms with Crippen molar-refractivity contribution in [2.45, 2.75) is 290 Å². The van der Waals surface area contributed by atoms with Crippen molar-refractivity contribution in [3.05, 3.63) is 134 Å². The highest BCUT2D eigenvalue weighted by atomic mass is 16.6. The van der Waals surface area contributed by atoms with Gasteiger partial charge in [0, 0.05) is 19.3 Å². The molecule has 0 heterocycles. The summed E-state index contributed by atoms with van der Waals surface area (Å²) >= 11 is 0. The highest BCUT2D eigenvalue weighted by Gasteiger charge is 2.19. The summed E-state index contributed by atoms with van der Waals surface area (Å²) in [5, 5.41) is 0. The standard InChI is InChI=1S/C72H118O6/c1-4-7-10-13-16-19-22-25-28-31-33-34-35-36-37-38-40-41-44-47-50-53-56-59-62-65-71(74)77-68-69(67-76-70(73)64-61-58-55-52-49-46-43-30-27-24-21-18-15-12-9-6-3)78-72(75)66-63-60-57-54-51-48-45-42-39-32-29-26-23-20-17-14-11-8-5-2/h8,11,17,20-22,24-26,29-31,33,35-36,39,42-43,48,51,57,60,69H,4-7,9-10,12-16,18-19,23,27-28,32,34,37-38,40-41,44-47,49-50,52-56,58-59,61-68H2,1-3H3/b11-8-,20-17-,24-21-,25-22-,29-26-,33-31-,36-35-,42-39-,43-30-,51-48-,60-57-. The number of carbonyl (C=O) groups excluding carboxylic acids is 3. The lowest BCUT2D eigenvalue weighted by molar-refractivity contribution is -0.166. The third-order valence-electron chi connectivity index (χ3n) is 13.4. The fraction of sp³-hybridized carbons (Fsp3) is 0.653. The quantitative estimate of drug-likeness (QED) is 0.0261. The number of carbonyl (C=O) groups is 3. The Kier molecular flexibility index (Phi) is 61.4. The van der Waals surface area contributed by atoms with Crippen LogP contribution in [0.5, 0.6) is 0 Å². The number of unbranched alkanes of at least 4 members (excludes halogenated alkanes) is 24. The summed E-state index contributed by atoms with van der Waals surface area (Å²) < 4.78 is 16.8. The van der Waals surface area contributed by atoms with Crippen LogP contribution in [0.15, 0.2) is 134 Å². The molecule has 78 heavy (non-hydrogen) atoms. The first-order valence-corrected chi connectivity index (χ1v) is 32.2. The Balaban J connectivity index is 4.48. The minimum atomic E-state index is -0.832. The van der Waals surface area contributed by atoms with Gasteiger partial charge in [0.1, 0.15) is 13.2 Å². The first-order valence-electron chi connectivity index (χ1n) is 32.2. The zero-order valence-electron chi connectivity index (χ0n) is 50.6. The molecule has 0 saturated heterocycles. The summed E-state index contributed by atoms with van der Waals surface area (Å²) in [7, 11) is 0. The maximum absolute atomic E-state index is 12.9. The van der Waals surface area contributed by atoms with Crippen molar-refractivity contribution < 1.29 is 28.6 Å². The molecule has 1 atom stereocenters. The molecule has 0 spiro atoms. The minimum Gasteiger partial charge on any atom is -0.462 e. The van der Waals surface area contributed by atoms with Crippen molar-refractivity contribution in [3.63, 3.8) is 0 Å². The second-order valence-electron chi connectivity index (χ2n) is 20.9. The SMILES string of the molecule is CC/C=C\C/C=C\C/C=C\C/C=C\C/C=C\C/C=C\CCC(=O)OC(COC(=O)CCCCCCC/C=C\C/C=C\CCCCCC)COC(=O)CCCCCCCCCCCC/C=C\C/C=C\C/C=C\CCCCCCC.